The van der Waals surface area contributed by atoms with E-state index in [1.165, 1.54) is 12.1 Å². The molecule has 1 saturated carbocycles. The van der Waals surface area contributed by atoms with Crippen LogP contribution in [0.5, 0.6) is 11.5 Å². The minimum Gasteiger partial charge on any atom is -0.457 e. The number of allylic oxidation sites excluding steroid dienone is 2. The molecule has 0 spiro atoms. The van der Waals surface area contributed by atoms with Gasteiger partial charge in [0.15, 0.2) is 0 Å². The number of rotatable bonds is 7. The topological polar surface area (TPSA) is 9.23 Å². The Bertz CT molecular complexity index is 992. The van der Waals surface area contributed by atoms with Crippen LogP contribution in [0.15, 0.2) is 84.7 Å². The van der Waals surface area contributed by atoms with Crippen LogP contribution >= 0.6 is 11.6 Å². The number of halogens is 3. The lowest BCUT2D eigenvalue weighted by atomic mass is 9.93. The summed E-state index contributed by atoms with van der Waals surface area (Å²) < 4.78 is 33.6. The minimum absolute atomic E-state index is 0.0749. The SMILES string of the molecule is FC(=CC(c1ccc(Cl)cc1)C1CC1)Cc1cccc(Oc2ccc(F)cc2)c1. The summed E-state index contributed by atoms with van der Waals surface area (Å²) in [6.07, 6.45) is 4.20. The van der Waals surface area contributed by atoms with Crippen molar-refractivity contribution in [3.8, 4) is 11.5 Å². The van der Waals surface area contributed by atoms with Crippen molar-refractivity contribution < 1.29 is 13.5 Å². The van der Waals surface area contributed by atoms with Crippen LogP contribution in [0.4, 0.5) is 8.78 Å². The third-order valence-electron chi connectivity index (χ3n) is 5.07. The lowest BCUT2D eigenvalue weighted by molar-refractivity contribution is 0.479. The third kappa shape index (κ3) is 5.45. The molecule has 1 fully saturated rings. The number of benzene rings is 3. The fraction of sp³-hybridized carbons (Fsp3) is 0.200. The fourth-order valence-electron chi connectivity index (χ4n) is 3.45. The van der Waals surface area contributed by atoms with Gasteiger partial charge < -0.3 is 4.74 Å². The van der Waals surface area contributed by atoms with E-state index in [0.29, 0.717) is 22.4 Å². The Labute approximate surface area is 174 Å². The Morgan fingerprint density at radius 3 is 2.41 bits per heavy atom. The maximum atomic E-state index is 14.8. The summed E-state index contributed by atoms with van der Waals surface area (Å²) in [4.78, 5) is 0. The van der Waals surface area contributed by atoms with Crippen LogP contribution in [0.1, 0.15) is 29.9 Å². The van der Waals surface area contributed by atoms with Gasteiger partial charge in [-0.25, -0.2) is 8.78 Å². The lowest BCUT2D eigenvalue weighted by Gasteiger charge is -2.13. The van der Waals surface area contributed by atoms with Crippen molar-refractivity contribution in [2.24, 2.45) is 5.92 Å². The molecule has 4 heteroatoms. The number of ether oxygens (including phenoxy) is 1. The van der Waals surface area contributed by atoms with Crippen molar-refractivity contribution >= 4 is 11.6 Å². The largest absolute Gasteiger partial charge is 0.457 e. The highest BCUT2D eigenvalue weighted by atomic mass is 35.5. The van der Waals surface area contributed by atoms with Crippen LogP contribution in [-0.4, -0.2) is 0 Å². The maximum Gasteiger partial charge on any atom is 0.127 e. The zero-order chi connectivity index (χ0) is 20.2. The van der Waals surface area contributed by atoms with Gasteiger partial charge in [0.05, 0.1) is 0 Å². The molecular formula is C25H21ClF2O. The molecule has 0 aliphatic heterocycles. The molecule has 1 aliphatic rings. The van der Waals surface area contributed by atoms with Gasteiger partial charge in [-0.05, 0) is 84.5 Å². The normalized spacial score (nSPS) is 15.2. The average molecular weight is 411 g/mol. The Kier molecular flexibility index (Phi) is 5.96. The molecule has 148 valence electrons. The van der Waals surface area contributed by atoms with E-state index in [1.807, 2.05) is 42.5 Å². The third-order valence-corrected chi connectivity index (χ3v) is 5.32. The molecule has 0 radical (unpaired) electrons. The molecule has 1 nitrogen and oxygen atoms in total. The molecule has 1 aliphatic carbocycles. The predicted octanol–water partition coefficient (Wildman–Crippen LogP) is 7.86. The number of hydrogen-bond donors (Lipinski definition) is 0. The minimum atomic E-state index is -0.316. The van der Waals surface area contributed by atoms with E-state index in [1.54, 1.807) is 24.3 Å². The van der Waals surface area contributed by atoms with Crippen molar-refractivity contribution in [3.05, 3.63) is 107 Å². The van der Waals surface area contributed by atoms with Gasteiger partial charge >= 0.3 is 0 Å². The molecule has 3 aromatic rings. The molecule has 0 heterocycles. The van der Waals surface area contributed by atoms with Crippen LogP contribution in [0.25, 0.3) is 0 Å². The highest BCUT2D eigenvalue weighted by molar-refractivity contribution is 6.30. The zero-order valence-corrected chi connectivity index (χ0v) is 16.6. The summed E-state index contributed by atoms with van der Waals surface area (Å²) in [5, 5.41) is 0.686. The van der Waals surface area contributed by atoms with E-state index < -0.39 is 0 Å². The Morgan fingerprint density at radius 1 is 1.00 bits per heavy atom. The first-order valence-electron chi connectivity index (χ1n) is 9.71. The van der Waals surface area contributed by atoms with Gasteiger partial charge in [0, 0.05) is 17.4 Å². The molecule has 29 heavy (non-hydrogen) atoms. The quantitative estimate of drug-likeness (QED) is 0.385. The first kappa shape index (κ1) is 19.7. The van der Waals surface area contributed by atoms with E-state index in [9.17, 15) is 8.78 Å². The lowest BCUT2D eigenvalue weighted by Crippen LogP contribution is -1.99. The second-order valence-corrected chi connectivity index (χ2v) is 7.84. The Balaban J connectivity index is 1.47. The van der Waals surface area contributed by atoms with Crippen molar-refractivity contribution in [1.29, 1.82) is 0 Å². The highest BCUT2D eigenvalue weighted by Gasteiger charge is 2.31. The molecule has 3 aromatic carbocycles. The van der Waals surface area contributed by atoms with E-state index in [2.05, 4.69) is 0 Å². The Morgan fingerprint density at radius 2 is 1.72 bits per heavy atom. The first-order chi connectivity index (χ1) is 14.1. The van der Waals surface area contributed by atoms with Gasteiger partial charge in [0.2, 0.25) is 0 Å². The first-order valence-corrected chi connectivity index (χ1v) is 10.1. The molecule has 0 N–H and O–H groups in total. The molecule has 4 rings (SSSR count). The van der Waals surface area contributed by atoms with Crippen LogP contribution in [0, 0.1) is 11.7 Å². The second-order valence-electron chi connectivity index (χ2n) is 7.41. The van der Waals surface area contributed by atoms with Crippen molar-refractivity contribution in [3.63, 3.8) is 0 Å². The van der Waals surface area contributed by atoms with Gasteiger partial charge in [-0.1, -0.05) is 35.9 Å². The monoisotopic (exact) mass is 410 g/mol. The smallest absolute Gasteiger partial charge is 0.127 e. The zero-order valence-electron chi connectivity index (χ0n) is 15.8. The van der Waals surface area contributed by atoms with Crippen LogP contribution in [0.3, 0.4) is 0 Å². The van der Waals surface area contributed by atoms with Gasteiger partial charge in [-0.3, -0.25) is 0 Å². The summed E-state index contributed by atoms with van der Waals surface area (Å²) in [5.41, 5.74) is 1.92. The summed E-state index contributed by atoms with van der Waals surface area (Å²) in [5.74, 6) is 1.23. The Hall–Kier alpha value is -2.65. The highest BCUT2D eigenvalue weighted by Crippen LogP contribution is 2.44. The van der Waals surface area contributed by atoms with Crippen LogP contribution < -0.4 is 4.74 Å². The van der Waals surface area contributed by atoms with E-state index >= 15 is 0 Å². The predicted molar refractivity (Wildman–Crippen MR) is 113 cm³/mol. The molecule has 0 bridgehead atoms. The fourth-order valence-corrected chi connectivity index (χ4v) is 3.58. The van der Waals surface area contributed by atoms with Gasteiger partial charge in [-0.15, -0.1) is 0 Å². The standard InChI is InChI=1S/C25H21ClF2O/c26-20-8-6-19(7-9-20)25(18-4-5-18)16-22(28)14-17-2-1-3-24(15-17)29-23-12-10-21(27)11-13-23/h1-3,6-13,15-16,18,25H,4-5,14H2. The molecule has 1 unspecified atom stereocenters. The van der Waals surface area contributed by atoms with Crippen molar-refractivity contribution in [1.82, 2.24) is 0 Å². The van der Waals surface area contributed by atoms with Crippen LogP contribution in [-0.2, 0) is 6.42 Å². The summed E-state index contributed by atoms with van der Waals surface area (Å²) in [7, 11) is 0. The van der Waals surface area contributed by atoms with Crippen molar-refractivity contribution in [2.45, 2.75) is 25.2 Å². The van der Waals surface area contributed by atoms with Gasteiger partial charge in [-0.2, -0.15) is 0 Å². The molecule has 1 atom stereocenters. The molecular weight excluding hydrogens is 390 g/mol. The molecule has 0 amide bonds. The van der Waals surface area contributed by atoms with Gasteiger partial charge in [0.1, 0.15) is 23.1 Å². The maximum absolute atomic E-state index is 14.8. The molecule has 0 aromatic heterocycles. The van der Waals surface area contributed by atoms with E-state index in [0.717, 1.165) is 24.0 Å². The number of hydrogen-bond acceptors (Lipinski definition) is 1. The van der Waals surface area contributed by atoms with E-state index in [-0.39, 0.29) is 24.0 Å². The second kappa shape index (κ2) is 8.79. The summed E-state index contributed by atoms with van der Waals surface area (Å²) in [6, 6.07) is 20.8. The van der Waals surface area contributed by atoms with Crippen LogP contribution in [0.2, 0.25) is 5.02 Å². The summed E-state index contributed by atoms with van der Waals surface area (Å²) in [6.45, 7) is 0. The molecule has 0 saturated heterocycles. The van der Waals surface area contributed by atoms with Crippen molar-refractivity contribution in [2.75, 3.05) is 0 Å². The van der Waals surface area contributed by atoms with Gasteiger partial charge in [0.25, 0.3) is 0 Å². The average Bonchev–Trinajstić information content (AvgIpc) is 3.54. The summed E-state index contributed by atoms with van der Waals surface area (Å²) >= 11 is 5.99. The van der Waals surface area contributed by atoms with E-state index in [4.69, 9.17) is 16.3 Å².